The van der Waals surface area contributed by atoms with Gasteiger partial charge in [-0.15, -0.1) is 0 Å². The molecular formula is C75H132O8. The van der Waals surface area contributed by atoms with Crippen molar-refractivity contribution in [3.63, 3.8) is 0 Å². The Balaban J connectivity index is 2.56. The van der Waals surface area contributed by atoms with E-state index in [1.54, 1.807) is 0 Å². The van der Waals surface area contributed by atoms with Gasteiger partial charge in [-0.25, -0.2) is 0 Å². The Labute approximate surface area is 512 Å². The second-order valence-corrected chi connectivity index (χ2v) is 24.4. The van der Waals surface area contributed by atoms with E-state index >= 15 is 0 Å². The van der Waals surface area contributed by atoms with Crippen molar-refractivity contribution >= 4 is 11.5 Å². The van der Waals surface area contributed by atoms with Crippen LogP contribution in [-0.2, 0) is 0 Å². The molecular weight excluding hydrogens is 1030 g/mol. The molecule has 83 heavy (non-hydrogen) atoms. The molecule has 0 radical (unpaired) electrons. The highest BCUT2D eigenvalue weighted by Crippen LogP contribution is 2.43. The van der Waals surface area contributed by atoms with Gasteiger partial charge in [0.05, 0.1) is 39.6 Å². The lowest BCUT2D eigenvalue weighted by Crippen LogP contribution is -2.09. The van der Waals surface area contributed by atoms with E-state index in [2.05, 4.69) is 41.5 Å². The van der Waals surface area contributed by atoms with Gasteiger partial charge in [-0.2, -0.15) is 0 Å². The van der Waals surface area contributed by atoms with Crippen LogP contribution in [0.4, 0.5) is 0 Å². The lowest BCUT2D eigenvalue weighted by Gasteiger charge is -2.19. The van der Waals surface area contributed by atoms with Crippen LogP contribution < -0.4 is 28.4 Å². The fourth-order valence-electron chi connectivity index (χ4n) is 10.9. The highest BCUT2D eigenvalue weighted by molar-refractivity contribution is 6.08. The molecule has 0 amide bonds. The smallest absolute Gasteiger partial charge is 0.203 e. The van der Waals surface area contributed by atoms with E-state index in [1.807, 2.05) is 24.3 Å². The summed E-state index contributed by atoms with van der Waals surface area (Å²) in [7, 11) is 0. The van der Waals surface area contributed by atoms with E-state index in [4.69, 9.17) is 28.4 Å². The zero-order valence-electron chi connectivity index (χ0n) is 55.4. The Morgan fingerprint density at radius 3 is 0.675 bits per heavy atom. The second kappa shape index (κ2) is 56.3. The molecule has 480 valence electrons. The summed E-state index contributed by atoms with van der Waals surface area (Å²) in [6, 6.07) is 7.30. The third-order valence-corrected chi connectivity index (χ3v) is 16.4. The normalized spacial score (nSPS) is 11.6. The Morgan fingerprint density at radius 2 is 0.458 bits per heavy atom. The van der Waals surface area contributed by atoms with Crippen molar-refractivity contribution in [1.29, 1.82) is 0 Å². The first-order valence-corrected chi connectivity index (χ1v) is 36.0. The maximum atomic E-state index is 14.7. The molecule has 8 nitrogen and oxygen atoms in total. The Morgan fingerprint density at radius 1 is 0.277 bits per heavy atom. The standard InChI is InChI=1S/C75H132O8/c1-7-13-19-25-31-37-43-49-55-78-70-61-66(62-71(79-56-50-44-38-32-26-20-14-8-2)74(70)82-59-53-47-41-35-29-23-17-11-5)68(76)65-69(77)67-63-72(80-57-51-45-39-33-27-21-15-9-3)75(83-60-54-48-42-36-30-24-18-12-6)73(64-67)81-58-52-46-40-34-28-22-16-10-4/h61-65,76H,7-60H2,1-6H3/b68-65-. The summed E-state index contributed by atoms with van der Waals surface area (Å²) in [6.45, 7) is 16.8. The zero-order valence-corrected chi connectivity index (χ0v) is 55.4. The first-order chi connectivity index (χ1) is 40.9. The predicted octanol–water partition coefficient (Wildman–Crippen LogP) is 24.6. The molecule has 2 rings (SSSR count). The van der Waals surface area contributed by atoms with Crippen LogP contribution in [0.15, 0.2) is 30.3 Å². The molecule has 0 atom stereocenters. The Hall–Kier alpha value is -3.55. The minimum Gasteiger partial charge on any atom is -0.507 e. The SMILES string of the molecule is CCCCCCCCCCOc1cc(C(=O)/C=C(\O)c2cc(OCCCCCCCCCC)c(OCCCCCCCCCC)c(OCCCCCCCCCC)c2)cc(OCCCCCCCCCC)c1OCCCCCCCCCC. The molecule has 2 aromatic rings. The summed E-state index contributed by atoms with van der Waals surface area (Å²) in [6.07, 6.45) is 59.2. The molecule has 8 heteroatoms. The van der Waals surface area contributed by atoms with E-state index in [0.29, 0.717) is 85.3 Å². The van der Waals surface area contributed by atoms with Crippen molar-refractivity contribution in [3.8, 4) is 34.5 Å². The van der Waals surface area contributed by atoms with Gasteiger partial charge in [-0.3, -0.25) is 4.79 Å². The predicted molar refractivity (Wildman–Crippen MR) is 356 cm³/mol. The number of unbranched alkanes of at least 4 members (excludes halogenated alkanes) is 42. The number of aliphatic hydroxyl groups excluding tert-OH is 1. The van der Waals surface area contributed by atoms with Crippen molar-refractivity contribution in [1.82, 2.24) is 0 Å². The fraction of sp³-hybridized carbons (Fsp3) is 0.800. The summed E-state index contributed by atoms with van der Waals surface area (Å²) in [4.78, 5) is 14.7. The average Bonchev–Trinajstić information content (AvgIpc) is 3.68. The van der Waals surface area contributed by atoms with Crippen molar-refractivity contribution in [2.45, 2.75) is 350 Å². The molecule has 0 fully saturated rings. The van der Waals surface area contributed by atoms with Crippen LogP contribution in [-0.4, -0.2) is 50.5 Å². The van der Waals surface area contributed by atoms with Crippen molar-refractivity contribution in [2.75, 3.05) is 39.6 Å². The van der Waals surface area contributed by atoms with Crippen LogP contribution in [0.3, 0.4) is 0 Å². The second-order valence-electron chi connectivity index (χ2n) is 24.4. The number of carbonyl (C=O) groups is 1. The largest absolute Gasteiger partial charge is 0.507 e. The van der Waals surface area contributed by atoms with Crippen LogP contribution in [0.5, 0.6) is 34.5 Å². The average molecular weight is 1160 g/mol. The lowest BCUT2D eigenvalue weighted by atomic mass is 10.1. The molecule has 1 N–H and O–H groups in total. The number of hydrogen-bond donors (Lipinski definition) is 1. The number of benzene rings is 2. The third-order valence-electron chi connectivity index (χ3n) is 16.4. The topological polar surface area (TPSA) is 92.7 Å². The minimum absolute atomic E-state index is 0.156. The van der Waals surface area contributed by atoms with Crippen LogP contribution in [0.2, 0.25) is 0 Å². The van der Waals surface area contributed by atoms with E-state index in [1.165, 1.54) is 237 Å². The molecule has 0 aliphatic rings. The number of aliphatic hydroxyl groups is 1. The number of allylic oxidation sites excluding steroid dienone is 1. The Kier molecular flexibility index (Phi) is 51.2. The highest BCUT2D eigenvalue weighted by atomic mass is 16.5. The quantitative estimate of drug-likeness (QED) is 0.0303. The number of ketones is 1. The van der Waals surface area contributed by atoms with Crippen LogP contribution >= 0.6 is 0 Å². The number of carbonyl (C=O) groups excluding carboxylic acids is 1. The third kappa shape index (κ3) is 40.5. The molecule has 2 aromatic carbocycles. The minimum atomic E-state index is -0.344. The molecule has 0 saturated heterocycles. The molecule has 0 aliphatic heterocycles. The first-order valence-electron chi connectivity index (χ1n) is 36.0. The summed E-state index contributed by atoms with van der Waals surface area (Å²) < 4.78 is 39.8. The molecule has 0 spiro atoms. The van der Waals surface area contributed by atoms with Crippen LogP contribution in [0.25, 0.3) is 5.76 Å². The molecule has 0 saturated carbocycles. The van der Waals surface area contributed by atoms with E-state index in [0.717, 1.165) is 77.0 Å². The maximum absolute atomic E-state index is 14.7. The van der Waals surface area contributed by atoms with Gasteiger partial charge < -0.3 is 33.5 Å². The van der Waals surface area contributed by atoms with Crippen LogP contribution in [0.1, 0.15) is 366 Å². The van der Waals surface area contributed by atoms with E-state index < -0.39 is 0 Å². The summed E-state index contributed by atoms with van der Waals surface area (Å²) in [5.41, 5.74) is 0.841. The van der Waals surface area contributed by atoms with Crippen LogP contribution in [0, 0.1) is 0 Å². The molecule has 0 unspecified atom stereocenters. The number of ether oxygens (including phenoxy) is 6. The zero-order chi connectivity index (χ0) is 59.7. The summed E-state index contributed by atoms with van der Waals surface area (Å²) in [5.74, 6) is 2.83. The number of rotatable bonds is 63. The van der Waals surface area contributed by atoms with Gasteiger partial charge >= 0.3 is 0 Å². The van der Waals surface area contributed by atoms with Crippen molar-refractivity contribution in [3.05, 3.63) is 41.5 Å². The van der Waals surface area contributed by atoms with Gasteiger partial charge in [-0.05, 0) is 62.8 Å². The van der Waals surface area contributed by atoms with E-state index in [9.17, 15) is 9.90 Å². The Bertz CT molecular complexity index is 1720. The first kappa shape index (κ1) is 75.5. The molecule has 0 heterocycles. The summed E-state index contributed by atoms with van der Waals surface area (Å²) >= 11 is 0. The molecule has 0 bridgehead atoms. The van der Waals surface area contributed by atoms with Gasteiger partial charge in [0.1, 0.15) is 5.76 Å². The van der Waals surface area contributed by atoms with Crippen molar-refractivity contribution in [2.24, 2.45) is 0 Å². The number of hydrogen-bond acceptors (Lipinski definition) is 8. The molecule has 0 aliphatic carbocycles. The maximum Gasteiger partial charge on any atom is 0.203 e. The fourth-order valence-corrected chi connectivity index (χ4v) is 10.9. The molecule has 0 aromatic heterocycles. The van der Waals surface area contributed by atoms with Gasteiger partial charge in [0, 0.05) is 17.2 Å². The van der Waals surface area contributed by atoms with E-state index in [-0.39, 0.29) is 11.5 Å². The highest BCUT2D eigenvalue weighted by Gasteiger charge is 2.22. The van der Waals surface area contributed by atoms with Gasteiger partial charge in [0.2, 0.25) is 11.5 Å². The van der Waals surface area contributed by atoms with Crippen molar-refractivity contribution < 1.29 is 38.3 Å². The lowest BCUT2D eigenvalue weighted by molar-refractivity contribution is 0.104. The van der Waals surface area contributed by atoms with Gasteiger partial charge in [0.25, 0.3) is 0 Å². The van der Waals surface area contributed by atoms with Gasteiger partial charge in [-0.1, -0.05) is 311 Å². The monoisotopic (exact) mass is 1160 g/mol. The van der Waals surface area contributed by atoms with Gasteiger partial charge in [0.15, 0.2) is 28.8 Å². The summed E-state index contributed by atoms with van der Waals surface area (Å²) in [5, 5.41) is 12.1.